The number of allylic oxidation sites excluding steroid dienone is 1. The number of aromatic nitrogens is 2. The number of rotatable bonds is 4. The van der Waals surface area contributed by atoms with E-state index in [4.69, 9.17) is 11.6 Å². The number of aliphatic hydroxyl groups excluding tert-OH is 1. The highest BCUT2D eigenvalue weighted by Gasteiger charge is 2.29. The van der Waals surface area contributed by atoms with E-state index in [2.05, 4.69) is 15.0 Å². The Bertz CT molecular complexity index is 735. The first-order chi connectivity index (χ1) is 11.1. The largest absolute Gasteiger partial charge is 0.394 e. The highest BCUT2D eigenvalue weighted by Crippen LogP contribution is 2.35. The Morgan fingerprint density at radius 1 is 1.30 bits per heavy atom. The van der Waals surface area contributed by atoms with Gasteiger partial charge in [-0.15, -0.1) is 0 Å². The van der Waals surface area contributed by atoms with Crippen LogP contribution >= 0.6 is 11.6 Å². The van der Waals surface area contributed by atoms with Crippen LogP contribution in [0.3, 0.4) is 0 Å². The van der Waals surface area contributed by atoms with E-state index < -0.39 is 0 Å². The molecule has 0 saturated carbocycles. The summed E-state index contributed by atoms with van der Waals surface area (Å²) in [4.78, 5) is 6.70. The summed E-state index contributed by atoms with van der Waals surface area (Å²) < 4.78 is 1.76. The number of halogens is 1. The highest BCUT2D eigenvalue weighted by molar-refractivity contribution is 6.30. The summed E-state index contributed by atoms with van der Waals surface area (Å²) in [7, 11) is 1.88. The summed E-state index contributed by atoms with van der Waals surface area (Å²) in [6.07, 6.45) is 7.32. The van der Waals surface area contributed by atoms with Gasteiger partial charge in [0.25, 0.3) is 0 Å². The number of hydrogen-bond acceptors (Lipinski definition) is 4. The first-order valence-electron chi connectivity index (χ1n) is 7.47. The average Bonchev–Trinajstić information content (AvgIpc) is 3.00. The average molecular weight is 331 g/mol. The lowest BCUT2D eigenvalue weighted by Crippen LogP contribution is -2.38. The minimum Gasteiger partial charge on any atom is -0.394 e. The maximum absolute atomic E-state index is 9.70. The molecular weight excluding hydrogens is 312 g/mol. The van der Waals surface area contributed by atoms with Crippen LogP contribution in [0.15, 0.2) is 47.7 Å². The molecule has 1 unspecified atom stereocenters. The fourth-order valence-corrected chi connectivity index (χ4v) is 2.86. The third kappa shape index (κ3) is 3.16. The summed E-state index contributed by atoms with van der Waals surface area (Å²) in [6.45, 7) is 2.02. The van der Waals surface area contributed by atoms with Crippen LogP contribution < -0.4 is 0 Å². The van der Waals surface area contributed by atoms with Crippen molar-refractivity contribution < 1.29 is 5.11 Å². The minimum atomic E-state index is -0.207. The van der Waals surface area contributed by atoms with Crippen LogP contribution in [0.5, 0.6) is 0 Å². The van der Waals surface area contributed by atoms with Gasteiger partial charge in [-0.3, -0.25) is 9.67 Å². The van der Waals surface area contributed by atoms with Gasteiger partial charge in [-0.2, -0.15) is 5.10 Å². The number of aliphatic hydroxyl groups is 1. The number of aryl methyl sites for hydroxylation is 1. The van der Waals surface area contributed by atoms with E-state index in [9.17, 15) is 5.11 Å². The van der Waals surface area contributed by atoms with Crippen LogP contribution in [0.4, 0.5) is 0 Å². The van der Waals surface area contributed by atoms with Crippen LogP contribution in [0.1, 0.15) is 24.2 Å². The molecule has 0 amide bonds. The first kappa shape index (κ1) is 15.8. The Hall–Kier alpha value is -2.11. The molecule has 0 radical (unpaired) electrons. The minimum absolute atomic E-state index is 0.0389. The zero-order valence-electron chi connectivity index (χ0n) is 13.1. The lowest BCUT2D eigenvalue weighted by molar-refractivity contribution is 0.152. The second kappa shape index (κ2) is 6.56. The van der Waals surface area contributed by atoms with E-state index in [0.29, 0.717) is 5.02 Å². The fraction of sp³-hybridized carbons (Fsp3) is 0.294. The molecule has 5 nitrogen and oxygen atoms in total. The van der Waals surface area contributed by atoms with Gasteiger partial charge in [-0.05, 0) is 30.7 Å². The van der Waals surface area contributed by atoms with Gasteiger partial charge in [0.2, 0.25) is 0 Å². The first-order valence-corrected chi connectivity index (χ1v) is 7.85. The van der Waals surface area contributed by atoms with Crippen molar-refractivity contribution in [1.82, 2.24) is 14.7 Å². The molecule has 120 valence electrons. The second-order valence-corrected chi connectivity index (χ2v) is 6.05. The van der Waals surface area contributed by atoms with E-state index >= 15 is 0 Å². The Morgan fingerprint density at radius 3 is 2.65 bits per heavy atom. The number of benzene rings is 1. The topological polar surface area (TPSA) is 53.6 Å². The molecule has 0 saturated heterocycles. The van der Waals surface area contributed by atoms with Crippen molar-refractivity contribution in [2.24, 2.45) is 12.0 Å². The van der Waals surface area contributed by atoms with Gasteiger partial charge in [-0.25, -0.2) is 0 Å². The van der Waals surface area contributed by atoms with Crippen molar-refractivity contribution in [3.8, 4) is 0 Å². The monoisotopic (exact) mass is 330 g/mol. The van der Waals surface area contributed by atoms with Gasteiger partial charge in [-0.1, -0.05) is 23.7 Å². The van der Waals surface area contributed by atoms with Gasteiger partial charge in [0.05, 0.1) is 18.8 Å². The summed E-state index contributed by atoms with van der Waals surface area (Å²) in [5.41, 5.74) is 3.03. The molecule has 1 aromatic carbocycles. The van der Waals surface area contributed by atoms with Gasteiger partial charge >= 0.3 is 0 Å². The SMILES string of the molecule is C[C@@H](CO)N1C(c2ccc(Cl)cc2)=CC=NC1c1cnn(C)c1. The van der Waals surface area contributed by atoms with Crippen LogP contribution in [0.25, 0.3) is 5.70 Å². The molecule has 2 aromatic rings. The fourth-order valence-electron chi connectivity index (χ4n) is 2.74. The smallest absolute Gasteiger partial charge is 0.150 e. The van der Waals surface area contributed by atoms with Gasteiger partial charge in [0.15, 0.2) is 0 Å². The number of nitrogens with zero attached hydrogens (tertiary/aromatic N) is 4. The third-order valence-electron chi connectivity index (χ3n) is 3.90. The molecule has 1 aliphatic heterocycles. The van der Waals surface area contributed by atoms with Crippen molar-refractivity contribution in [2.75, 3.05) is 6.61 Å². The van der Waals surface area contributed by atoms with E-state index in [1.54, 1.807) is 4.68 Å². The molecule has 2 atom stereocenters. The summed E-state index contributed by atoms with van der Waals surface area (Å²) >= 11 is 5.99. The molecule has 3 rings (SSSR count). The maximum Gasteiger partial charge on any atom is 0.150 e. The lowest BCUT2D eigenvalue weighted by Gasteiger charge is -2.38. The standard InChI is InChI=1S/C17H19ClN4O/c1-12(11-23)22-16(13-3-5-15(18)6-4-13)7-8-19-17(22)14-9-20-21(2)10-14/h3-10,12,17,23H,11H2,1-2H3/t12-,17?/m0/s1. The Morgan fingerprint density at radius 2 is 2.04 bits per heavy atom. The molecule has 2 heterocycles. The van der Waals surface area contributed by atoms with E-state index in [0.717, 1.165) is 16.8 Å². The predicted octanol–water partition coefficient (Wildman–Crippen LogP) is 2.88. The molecule has 23 heavy (non-hydrogen) atoms. The molecular formula is C17H19ClN4O. The van der Waals surface area contributed by atoms with Gasteiger partial charge in [0.1, 0.15) is 6.17 Å². The summed E-state index contributed by atoms with van der Waals surface area (Å²) in [5, 5.41) is 14.6. The van der Waals surface area contributed by atoms with Crippen LogP contribution in [0.2, 0.25) is 5.02 Å². The summed E-state index contributed by atoms with van der Waals surface area (Å²) in [6, 6.07) is 7.60. The third-order valence-corrected chi connectivity index (χ3v) is 4.16. The molecule has 0 spiro atoms. The van der Waals surface area contributed by atoms with E-state index in [1.165, 1.54) is 0 Å². The maximum atomic E-state index is 9.70. The molecule has 1 aliphatic rings. The Balaban J connectivity index is 2.02. The Kier molecular flexibility index (Phi) is 4.50. The number of aliphatic imine (C=N–C) groups is 1. The van der Waals surface area contributed by atoms with Crippen molar-refractivity contribution >= 4 is 23.5 Å². The van der Waals surface area contributed by atoms with Crippen molar-refractivity contribution in [3.05, 3.63) is 58.9 Å². The highest BCUT2D eigenvalue weighted by atomic mass is 35.5. The molecule has 0 bridgehead atoms. The molecule has 1 N–H and O–H groups in total. The van der Waals surface area contributed by atoms with E-state index in [1.807, 2.05) is 62.9 Å². The predicted molar refractivity (Wildman–Crippen MR) is 92.3 cm³/mol. The molecule has 0 fully saturated rings. The molecule has 6 heteroatoms. The number of hydrogen-bond donors (Lipinski definition) is 1. The summed E-state index contributed by atoms with van der Waals surface area (Å²) in [5.74, 6) is 0. The second-order valence-electron chi connectivity index (χ2n) is 5.62. The van der Waals surface area contributed by atoms with Crippen molar-refractivity contribution in [1.29, 1.82) is 0 Å². The molecule has 0 aliphatic carbocycles. The normalized spacial score (nSPS) is 18.9. The van der Waals surface area contributed by atoms with Gasteiger partial charge in [0, 0.05) is 35.7 Å². The van der Waals surface area contributed by atoms with Crippen molar-refractivity contribution in [2.45, 2.75) is 19.1 Å². The zero-order chi connectivity index (χ0) is 16.4. The quantitative estimate of drug-likeness (QED) is 0.937. The van der Waals surface area contributed by atoms with Crippen LogP contribution in [0, 0.1) is 0 Å². The van der Waals surface area contributed by atoms with Crippen LogP contribution in [-0.4, -0.2) is 38.7 Å². The zero-order valence-corrected chi connectivity index (χ0v) is 13.9. The van der Waals surface area contributed by atoms with E-state index in [-0.39, 0.29) is 18.8 Å². The van der Waals surface area contributed by atoms with Crippen LogP contribution in [-0.2, 0) is 7.05 Å². The Labute approximate surface area is 140 Å². The van der Waals surface area contributed by atoms with Gasteiger partial charge < -0.3 is 10.0 Å². The molecule has 1 aromatic heterocycles. The lowest BCUT2D eigenvalue weighted by atomic mass is 10.0. The van der Waals surface area contributed by atoms with Crippen molar-refractivity contribution in [3.63, 3.8) is 0 Å².